The lowest BCUT2D eigenvalue weighted by atomic mass is 9.93. The quantitative estimate of drug-likeness (QED) is 0.810. The molecule has 0 bridgehead atoms. The van der Waals surface area contributed by atoms with Gasteiger partial charge in [-0.2, -0.15) is 0 Å². The summed E-state index contributed by atoms with van der Waals surface area (Å²) in [6, 6.07) is 11.6. The second-order valence-corrected chi connectivity index (χ2v) is 7.75. The van der Waals surface area contributed by atoms with Gasteiger partial charge in [-0.3, -0.25) is 13.9 Å². The lowest BCUT2D eigenvalue weighted by Gasteiger charge is -2.24. The van der Waals surface area contributed by atoms with E-state index >= 15 is 0 Å². The molecule has 2 heterocycles. The second kappa shape index (κ2) is 5.51. The van der Waals surface area contributed by atoms with Crippen LogP contribution in [-0.2, 0) is 13.6 Å². The molecule has 0 saturated carbocycles. The summed E-state index contributed by atoms with van der Waals surface area (Å²) in [5, 5.41) is 0. The Kier molecular flexibility index (Phi) is 3.81. The van der Waals surface area contributed by atoms with E-state index in [1.54, 1.807) is 10.8 Å². The SMILES string of the molecule is COP(=O)(OC)C1C(=O)n2cccc2C1c1ccc(C)cc1. The van der Waals surface area contributed by atoms with Gasteiger partial charge in [0.1, 0.15) is 0 Å². The number of nitrogens with zero attached hydrogens (tertiary/aromatic N) is 1. The van der Waals surface area contributed by atoms with Crippen molar-refractivity contribution >= 4 is 13.5 Å². The number of aromatic nitrogens is 1. The van der Waals surface area contributed by atoms with Gasteiger partial charge in [0, 0.05) is 32.0 Å². The number of benzene rings is 1. The van der Waals surface area contributed by atoms with E-state index in [4.69, 9.17) is 9.05 Å². The third-order valence-corrected chi connectivity index (χ3v) is 6.41. The van der Waals surface area contributed by atoms with Gasteiger partial charge >= 0.3 is 7.60 Å². The molecule has 1 aliphatic heterocycles. The maximum Gasteiger partial charge on any atom is 0.343 e. The molecule has 2 atom stereocenters. The zero-order valence-corrected chi connectivity index (χ0v) is 13.6. The summed E-state index contributed by atoms with van der Waals surface area (Å²) in [5.41, 5.74) is 2.01. The fourth-order valence-electron chi connectivity index (χ4n) is 3.04. The Morgan fingerprint density at radius 3 is 2.32 bits per heavy atom. The lowest BCUT2D eigenvalue weighted by Crippen LogP contribution is -2.25. The predicted molar refractivity (Wildman–Crippen MR) is 83.5 cm³/mol. The highest BCUT2D eigenvalue weighted by Gasteiger charge is 2.52. The van der Waals surface area contributed by atoms with Gasteiger partial charge in [-0.15, -0.1) is 0 Å². The van der Waals surface area contributed by atoms with Gasteiger partial charge in [0.2, 0.25) is 5.91 Å². The Bertz CT molecular complexity index is 742. The molecule has 0 fully saturated rings. The maximum absolute atomic E-state index is 12.9. The molecule has 5 nitrogen and oxygen atoms in total. The summed E-state index contributed by atoms with van der Waals surface area (Å²) in [5.74, 6) is -0.591. The Hall–Kier alpha value is -1.68. The Balaban J connectivity index is 2.16. The molecule has 22 heavy (non-hydrogen) atoms. The first kappa shape index (κ1) is 15.2. The summed E-state index contributed by atoms with van der Waals surface area (Å²) in [6.07, 6.45) is 1.69. The minimum absolute atomic E-state index is 0.252. The maximum atomic E-state index is 12.9. The molecule has 0 amide bonds. The molecule has 1 aliphatic rings. The van der Waals surface area contributed by atoms with E-state index in [9.17, 15) is 9.36 Å². The van der Waals surface area contributed by atoms with Crippen LogP contribution in [0.3, 0.4) is 0 Å². The van der Waals surface area contributed by atoms with Crippen LogP contribution >= 0.6 is 7.60 Å². The molecule has 0 aliphatic carbocycles. The summed E-state index contributed by atoms with van der Waals surface area (Å²) >= 11 is 0. The third-order valence-electron chi connectivity index (χ3n) is 4.19. The third kappa shape index (κ3) is 2.17. The van der Waals surface area contributed by atoms with Crippen LogP contribution in [0.25, 0.3) is 0 Å². The van der Waals surface area contributed by atoms with Gasteiger partial charge in [0.05, 0.1) is 0 Å². The van der Waals surface area contributed by atoms with E-state index in [1.165, 1.54) is 14.2 Å². The predicted octanol–water partition coefficient (Wildman–Crippen LogP) is 3.44. The molecule has 2 unspecified atom stereocenters. The topological polar surface area (TPSA) is 57.5 Å². The van der Waals surface area contributed by atoms with Crippen molar-refractivity contribution in [1.29, 1.82) is 0 Å². The first-order valence-electron chi connectivity index (χ1n) is 7.01. The Morgan fingerprint density at radius 2 is 1.73 bits per heavy atom. The van der Waals surface area contributed by atoms with Crippen LogP contribution in [-0.4, -0.2) is 30.4 Å². The molecule has 0 saturated heterocycles. The van der Waals surface area contributed by atoms with Crippen LogP contribution in [0.1, 0.15) is 27.5 Å². The molecule has 3 rings (SSSR count). The van der Waals surface area contributed by atoms with Crippen molar-refractivity contribution in [3.8, 4) is 0 Å². The van der Waals surface area contributed by atoms with Gasteiger partial charge in [0.15, 0.2) is 5.66 Å². The molecular formula is C16H18NO4P. The molecule has 2 aromatic rings. The van der Waals surface area contributed by atoms with Gasteiger partial charge in [-0.25, -0.2) is 0 Å². The fraction of sp³-hybridized carbons (Fsp3) is 0.312. The number of rotatable bonds is 4. The van der Waals surface area contributed by atoms with Crippen LogP contribution in [0.5, 0.6) is 0 Å². The number of carbonyl (C=O) groups excluding carboxylic acids is 1. The summed E-state index contributed by atoms with van der Waals surface area (Å²) in [6.45, 7) is 2.00. The first-order valence-corrected chi connectivity index (χ1v) is 8.62. The smallest absolute Gasteiger partial charge is 0.311 e. The molecule has 0 radical (unpaired) electrons. The number of aryl methyl sites for hydroxylation is 1. The molecule has 6 heteroatoms. The summed E-state index contributed by atoms with van der Waals surface area (Å²) < 4.78 is 24.7. The molecule has 1 aromatic carbocycles. The Morgan fingerprint density at radius 1 is 1.09 bits per heavy atom. The molecule has 1 aromatic heterocycles. The van der Waals surface area contributed by atoms with Crippen molar-refractivity contribution in [3.05, 3.63) is 59.4 Å². The summed E-state index contributed by atoms with van der Waals surface area (Å²) in [7, 11) is -0.905. The van der Waals surface area contributed by atoms with Crippen LogP contribution < -0.4 is 0 Å². The average Bonchev–Trinajstić information content (AvgIpc) is 3.10. The zero-order chi connectivity index (χ0) is 15.9. The van der Waals surface area contributed by atoms with E-state index in [2.05, 4.69) is 0 Å². The van der Waals surface area contributed by atoms with Gasteiger partial charge in [-0.05, 0) is 24.6 Å². The monoisotopic (exact) mass is 319 g/mol. The van der Waals surface area contributed by atoms with Crippen molar-refractivity contribution in [2.24, 2.45) is 0 Å². The highest BCUT2D eigenvalue weighted by atomic mass is 31.2. The largest absolute Gasteiger partial charge is 0.343 e. The average molecular weight is 319 g/mol. The molecule has 0 N–H and O–H groups in total. The van der Waals surface area contributed by atoms with Crippen molar-refractivity contribution in [1.82, 2.24) is 4.57 Å². The lowest BCUT2D eigenvalue weighted by molar-refractivity contribution is 0.0912. The standard InChI is InChI=1S/C16H18NO4P/c1-11-6-8-12(9-7-11)14-13-5-4-10-17(13)16(18)15(14)22(19,20-2)21-3/h4-10,14-15H,1-3H3. The second-order valence-electron chi connectivity index (χ2n) is 5.38. The minimum atomic E-state index is -3.54. The van der Waals surface area contributed by atoms with Crippen molar-refractivity contribution < 1.29 is 18.4 Å². The van der Waals surface area contributed by atoms with Gasteiger partial charge < -0.3 is 9.05 Å². The number of carbonyl (C=O) groups is 1. The number of fused-ring (bicyclic) bond motifs is 1. The van der Waals surface area contributed by atoms with Crippen molar-refractivity contribution in [3.63, 3.8) is 0 Å². The van der Waals surface area contributed by atoms with E-state index < -0.39 is 13.3 Å². The van der Waals surface area contributed by atoms with E-state index in [0.29, 0.717) is 0 Å². The van der Waals surface area contributed by atoms with Gasteiger partial charge in [0.25, 0.3) is 0 Å². The van der Waals surface area contributed by atoms with Crippen molar-refractivity contribution in [2.45, 2.75) is 18.5 Å². The van der Waals surface area contributed by atoms with E-state index in [-0.39, 0.29) is 11.8 Å². The molecule has 0 spiro atoms. The van der Waals surface area contributed by atoms with E-state index in [0.717, 1.165) is 16.8 Å². The number of hydrogen-bond acceptors (Lipinski definition) is 4. The molecular weight excluding hydrogens is 301 g/mol. The zero-order valence-electron chi connectivity index (χ0n) is 12.7. The van der Waals surface area contributed by atoms with Crippen molar-refractivity contribution in [2.75, 3.05) is 14.2 Å². The van der Waals surface area contributed by atoms with Crippen LogP contribution in [0.15, 0.2) is 42.6 Å². The fourth-order valence-corrected chi connectivity index (χ4v) is 4.73. The minimum Gasteiger partial charge on any atom is -0.311 e. The highest BCUT2D eigenvalue weighted by Crippen LogP contribution is 2.60. The highest BCUT2D eigenvalue weighted by molar-refractivity contribution is 7.55. The first-order chi connectivity index (χ1) is 10.5. The van der Waals surface area contributed by atoms with Crippen LogP contribution in [0.2, 0.25) is 0 Å². The van der Waals surface area contributed by atoms with Crippen LogP contribution in [0.4, 0.5) is 0 Å². The van der Waals surface area contributed by atoms with E-state index in [1.807, 2.05) is 43.3 Å². The molecule has 116 valence electrons. The van der Waals surface area contributed by atoms with Gasteiger partial charge in [-0.1, -0.05) is 29.8 Å². The normalized spacial score (nSPS) is 21.1. The number of hydrogen-bond donors (Lipinski definition) is 0. The summed E-state index contributed by atoms with van der Waals surface area (Å²) in [4.78, 5) is 12.7. The Labute approximate surface area is 129 Å². The van der Waals surface area contributed by atoms with Crippen LogP contribution in [0, 0.1) is 6.92 Å².